The number of hydrogen-bond donors (Lipinski definition) is 1. The van der Waals surface area contributed by atoms with Gasteiger partial charge in [-0.2, -0.15) is 0 Å². The van der Waals surface area contributed by atoms with Gasteiger partial charge in [0.1, 0.15) is 5.75 Å². The number of hydrogen-bond acceptors (Lipinski definition) is 2. The van der Waals surface area contributed by atoms with Gasteiger partial charge in [-0.05, 0) is 22.0 Å². The fourth-order valence-electron chi connectivity index (χ4n) is 0.971. The van der Waals surface area contributed by atoms with E-state index in [9.17, 15) is 4.79 Å². The number of benzene rings is 1. The molecule has 1 amide bonds. The van der Waals surface area contributed by atoms with E-state index in [-0.39, 0.29) is 5.91 Å². The Bertz CT molecular complexity index is 368. The molecule has 5 heteroatoms. The van der Waals surface area contributed by atoms with Crippen molar-refractivity contribution in [3.05, 3.63) is 21.6 Å². The van der Waals surface area contributed by atoms with Crippen LogP contribution in [-0.4, -0.2) is 13.0 Å². The molecule has 1 rings (SSSR count). The molecule has 0 aliphatic heterocycles. The van der Waals surface area contributed by atoms with Crippen LogP contribution in [0.4, 0.5) is 5.69 Å². The lowest BCUT2D eigenvalue weighted by molar-refractivity contribution is -0.114. The molecular formula is C9H9BrClNO2. The van der Waals surface area contributed by atoms with Crippen LogP contribution < -0.4 is 10.1 Å². The van der Waals surface area contributed by atoms with Crippen LogP contribution in [0, 0.1) is 0 Å². The Morgan fingerprint density at radius 2 is 2.21 bits per heavy atom. The molecule has 1 aromatic carbocycles. The monoisotopic (exact) mass is 277 g/mol. The first-order chi connectivity index (χ1) is 6.54. The van der Waals surface area contributed by atoms with Gasteiger partial charge in [-0.25, -0.2) is 0 Å². The first-order valence-electron chi connectivity index (χ1n) is 3.85. The molecule has 0 unspecified atom stereocenters. The highest BCUT2D eigenvalue weighted by Crippen LogP contribution is 2.34. The molecule has 1 N–H and O–H groups in total. The van der Waals surface area contributed by atoms with Gasteiger partial charge in [0.25, 0.3) is 0 Å². The third-order valence-electron chi connectivity index (χ3n) is 1.55. The molecule has 14 heavy (non-hydrogen) atoms. The van der Waals surface area contributed by atoms with Crippen molar-refractivity contribution in [2.24, 2.45) is 0 Å². The number of anilines is 1. The quantitative estimate of drug-likeness (QED) is 0.903. The minimum Gasteiger partial charge on any atom is -0.495 e. The van der Waals surface area contributed by atoms with Crippen molar-refractivity contribution in [3.63, 3.8) is 0 Å². The molecule has 1 aromatic rings. The van der Waals surface area contributed by atoms with Crippen LogP contribution in [-0.2, 0) is 4.79 Å². The molecule has 0 saturated heterocycles. The van der Waals surface area contributed by atoms with Crippen molar-refractivity contribution in [2.45, 2.75) is 6.92 Å². The molecule has 0 spiro atoms. The summed E-state index contributed by atoms with van der Waals surface area (Å²) in [7, 11) is 1.55. The molecule has 0 saturated carbocycles. The van der Waals surface area contributed by atoms with E-state index in [0.717, 1.165) is 4.47 Å². The predicted molar refractivity (Wildman–Crippen MR) is 60.0 cm³/mol. The van der Waals surface area contributed by atoms with E-state index in [2.05, 4.69) is 21.2 Å². The van der Waals surface area contributed by atoms with E-state index in [1.807, 2.05) is 0 Å². The van der Waals surface area contributed by atoms with E-state index in [1.54, 1.807) is 19.2 Å². The van der Waals surface area contributed by atoms with E-state index < -0.39 is 0 Å². The molecule has 0 fully saturated rings. The number of amides is 1. The molecule has 0 aliphatic carbocycles. The largest absolute Gasteiger partial charge is 0.495 e. The van der Waals surface area contributed by atoms with Gasteiger partial charge in [0.05, 0.1) is 22.3 Å². The second-order valence-electron chi connectivity index (χ2n) is 2.65. The second-order valence-corrected chi connectivity index (χ2v) is 3.91. The third-order valence-corrected chi connectivity index (χ3v) is 2.48. The predicted octanol–water partition coefficient (Wildman–Crippen LogP) is 3.07. The Kier molecular flexibility index (Phi) is 3.77. The zero-order valence-electron chi connectivity index (χ0n) is 7.73. The SMILES string of the molecule is COc1cc(NC(C)=O)c(Cl)cc1Br. The summed E-state index contributed by atoms with van der Waals surface area (Å²) in [6.07, 6.45) is 0. The first kappa shape index (κ1) is 11.3. The van der Waals surface area contributed by atoms with Crippen molar-refractivity contribution >= 4 is 39.1 Å². The lowest BCUT2D eigenvalue weighted by atomic mass is 10.3. The molecule has 0 aromatic heterocycles. The maximum atomic E-state index is 10.8. The number of nitrogens with one attached hydrogen (secondary N) is 1. The van der Waals surface area contributed by atoms with Gasteiger partial charge in [0.2, 0.25) is 5.91 Å². The summed E-state index contributed by atoms with van der Waals surface area (Å²) < 4.78 is 5.81. The number of ether oxygens (including phenoxy) is 1. The summed E-state index contributed by atoms with van der Waals surface area (Å²) >= 11 is 9.19. The molecular weight excluding hydrogens is 269 g/mol. The lowest BCUT2D eigenvalue weighted by Gasteiger charge is -2.09. The smallest absolute Gasteiger partial charge is 0.221 e. The molecule has 0 bridgehead atoms. The maximum Gasteiger partial charge on any atom is 0.221 e. The second kappa shape index (κ2) is 4.66. The van der Waals surface area contributed by atoms with Gasteiger partial charge in [0, 0.05) is 13.0 Å². The van der Waals surface area contributed by atoms with Crippen LogP contribution in [0.3, 0.4) is 0 Å². The first-order valence-corrected chi connectivity index (χ1v) is 5.02. The maximum absolute atomic E-state index is 10.8. The molecule has 0 radical (unpaired) electrons. The van der Waals surface area contributed by atoms with Crippen molar-refractivity contribution in [1.29, 1.82) is 0 Å². The van der Waals surface area contributed by atoms with Crippen molar-refractivity contribution in [3.8, 4) is 5.75 Å². The van der Waals surface area contributed by atoms with Gasteiger partial charge in [-0.1, -0.05) is 11.6 Å². The van der Waals surface area contributed by atoms with Crippen molar-refractivity contribution in [2.75, 3.05) is 12.4 Å². The molecule has 76 valence electrons. The van der Waals surface area contributed by atoms with E-state index in [0.29, 0.717) is 16.5 Å². The number of carbonyl (C=O) groups is 1. The molecule has 0 aliphatic rings. The van der Waals surface area contributed by atoms with Gasteiger partial charge < -0.3 is 10.1 Å². The fourth-order valence-corrected chi connectivity index (χ4v) is 1.82. The Hall–Kier alpha value is -0.740. The van der Waals surface area contributed by atoms with Crippen LogP contribution in [0.1, 0.15) is 6.92 Å². The average molecular weight is 279 g/mol. The highest BCUT2D eigenvalue weighted by Gasteiger charge is 2.07. The third kappa shape index (κ3) is 2.62. The van der Waals surface area contributed by atoms with Crippen molar-refractivity contribution < 1.29 is 9.53 Å². The topological polar surface area (TPSA) is 38.3 Å². The Morgan fingerprint density at radius 1 is 1.57 bits per heavy atom. The van der Waals surface area contributed by atoms with Crippen molar-refractivity contribution in [1.82, 2.24) is 0 Å². The van der Waals surface area contributed by atoms with Crippen LogP contribution in [0.5, 0.6) is 5.75 Å². The van der Waals surface area contributed by atoms with Gasteiger partial charge >= 0.3 is 0 Å². The van der Waals surface area contributed by atoms with Crippen LogP contribution in [0.15, 0.2) is 16.6 Å². The summed E-state index contributed by atoms with van der Waals surface area (Å²) in [4.78, 5) is 10.8. The van der Waals surface area contributed by atoms with Crippen LogP contribution in [0.25, 0.3) is 0 Å². The van der Waals surface area contributed by atoms with Crippen LogP contribution >= 0.6 is 27.5 Å². The Balaban J connectivity index is 3.10. The average Bonchev–Trinajstić information content (AvgIpc) is 2.09. The summed E-state index contributed by atoms with van der Waals surface area (Å²) in [6.45, 7) is 1.42. The summed E-state index contributed by atoms with van der Waals surface area (Å²) in [5.74, 6) is 0.453. The minimum atomic E-state index is -0.170. The fraction of sp³-hybridized carbons (Fsp3) is 0.222. The van der Waals surface area contributed by atoms with E-state index in [4.69, 9.17) is 16.3 Å². The molecule has 3 nitrogen and oxygen atoms in total. The standard InChI is InChI=1S/C9H9BrClNO2/c1-5(13)12-8-4-9(14-2)6(10)3-7(8)11/h3-4H,1-2H3,(H,12,13). The highest BCUT2D eigenvalue weighted by molar-refractivity contribution is 9.10. The van der Waals surface area contributed by atoms with Crippen LogP contribution in [0.2, 0.25) is 5.02 Å². The van der Waals surface area contributed by atoms with Gasteiger partial charge in [-0.15, -0.1) is 0 Å². The number of halogens is 2. The Morgan fingerprint density at radius 3 is 2.71 bits per heavy atom. The van der Waals surface area contributed by atoms with Gasteiger partial charge in [0.15, 0.2) is 0 Å². The Labute approximate surface area is 95.5 Å². The van der Waals surface area contributed by atoms with E-state index >= 15 is 0 Å². The summed E-state index contributed by atoms with van der Waals surface area (Å²) in [5, 5.41) is 3.07. The van der Waals surface area contributed by atoms with Gasteiger partial charge in [-0.3, -0.25) is 4.79 Å². The normalized spacial score (nSPS) is 9.71. The summed E-state index contributed by atoms with van der Waals surface area (Å²) in [5.41, 5.74) is 0.541. The molecule has 0 atom stereocenters. The number of carbonyl (C=O) groups excluding carboxylic acids is 1. The zero-order valence-corrected chi connectivity index (χ0v) is 10.1. The zero-order chi connectivity index (χ0) is 10.7. The number of methoxy groups -OCH3 is 1. The lowest BCUT2D eigenvalue weighted by Crippen LogP contribution is -2.06. The minimum absolute atomic E-state index is 0.170. The highest BCUT2D eigenvalue weighted by atomic mass is 79.9. The number of rotatable bonds is 2. The van der Waals surface area contributed by atoms with E-state index in [1.165, 1.54) is 6.92 Å². The molecule has 0 heterocycles. The summed E-state index contributed by atoms with van der Waals surface area (Å²) in [6, 6.07) is 3.33.